The highest BCUT2D eigenvalue weighted by Crippen LogP contribution is 2.15. The average Bonchev–Trinajstić information content (AvgIpc) is 2.61. The largest absolute Gasteiger partial charge is 0.464 e. The van der Waals surface area contributed by atoms with Gasteiger partial charge in [-0.2, -0.15) is 0 Å². The van der Waals surface area contributed by atoms with Gasteiger partial charge in [0.15, 0.2) is 0 Å². The van der Waals surface area contributed by atoms with Crippen LogP contribution in [-0.2, 0) is 14.3 Å². The molecule has 2 unspecified atom stereocenters. The lowest BCUT2D eigenvalue weighted by atomic mass is 10.2. The molecule has 0 bridgehead atoms. The maximum Gasteiger partial charge on any atom is 0.328 e. The second-order valence-electron chi connectivity index (χ2n) is 3.86. The van der Waals surface area contributed by atoms with Gasteiger partial charge in [-0.3, -0.25) is 4.79 Å². The highest BCUT2D eigenvalue weighted by atomic mass is 16.5. The molecule has 1 heterocycles. The lowest BCUT2D eigenvalue weighted by Crippen LogP contribution is -2.45. The molecular weight excluding hydrogens is 208 g/mol. The zero-order valence-corrected chi connectivity index (χ0v) is 10.2. The Hall–Kier alpha value is -1.10. The molecule has 0 radical (unpaired) electrons. The van der Waals surface area contributed by atoms with Crippen LogP contribution in [-0.4, -0.2) is 48.6 Å². The van der Waals surface area contributed by atoms with Crippen LogP contribution in [0, 0.1) is 0 Å². The quantitative estimate of drug-likeness (QED) is 0.680. The minimum atomic E-state index is -0.476. The summed E-state index contributed by atoms with van der Waals surface area (Å²) in [5.41, 5.74) is 0. The van der Waals surface area contributed by atoms with Gasteiger partial charge in [0.1, 0.15) is 6.04 Å². The van der Waals surface area contributed by atoms with Gasteiger partial charge in [-0.05, 0) is 26.8 Å². The average molecular weight is 228 g/mol. The normalized spacial score (nSPS) is 22.3. The van der Waals surface area contributed by atoms with E-state index >= 15 is 0 Å². The van der Waals surface area contributed by atoms with E-state index in [0.29, 0.717) is 13.2 Å². The van der Waals surface area contributed by atoms with Crippen molar-refractivity contribution in [2.45, 2.75) is 39.3 Å². The first-order valence-corrected chi connectivity index (χ1v) is 5.82. The van der Waals surface area contributed by atoms with Crippen molar-refractivity contribution < 1.29 is 14.3 Å². The zero-order valence-electron chi connectivity index (χ0n) is 10.2. The third-order valence-corrected chi connectivity index (χ3v) is 2.79. The third kappa shape index (κ3) is 2.72. The standard InChI is InChI=1S/C11H20N2O3/c1-4-12-9-6-7-13(10(9)14)8(3)11(15)16-5-2/h8-9,12H,4-7H2,1-3H3. The molecule has 92 valence electrons. The molecule has 1 amide bonds. The van der Waals surface area contributed by atoms with Crippen molar-refractivity contribution >= 4 is 11.9 Å². The number of amides is 1. The number of hydrogen-bond acceptors (Lipinski definition) is 4. The number of ether oxygens (including phenoxy) is 1. The summed E-state index contributed by atoms with van der Waals surface area (Å²) < 4.78 is 4.91. The van der Waals surface area contributed by atoms with Crippen LogP contribution in [0.2, 0.25) is 0 Å². The smallest absolute Gasteiger partial charge is 0.328 e. The van der Waals surface area contributed by atoms with Crippen LogP contribution in [0.5, 0.6) is 0 Å². The van der Waals surface area contributed by atoms with E-state index in [-0.39, 0.29) is 17.9 Å². The molecule has 5 nitrogen and oxygen atoms in total. The molecular formula is C11H20N2O3. The van der Waals surface area contributed by atoms with Gasteiger partial charge in [0.25, 0.3) is 0 Å². The zero-order chi connectivity index (χ0) is 12.1. The van der Waals surface area contributed by atoms with E-state index in [1.54, 1.807) is 18.7 Å². The van der Waals surface area contributed by atoms with E-state index in [0.717, 1.165) is 13.0 Å². The number of nitrogens with zero attached hydrogens (tertiary/aromatic N) is 1. The van der Waals surface area contributed by atoms with E-state index in [9.17, 15) is 9.59 Å². The maximum absolute atomic E-state index is 11.9. The second-order valence-corrected chi connectivity index (χ2v) is 3.86. The summed E-state index contributed by atoms with van der Waals surface area (Å²) in [7, 11) is 0. The van der Waals surface area contributed by atoms with Crippen LogP contribution in [0.1, 0.15) is 27.2 Å². The second kappa shape index (κ2) is 5.84. The molecule has 1 N–H and O–H groups in total. The number of rotatable bonds is 5. The number of likely N-dealkylation sites (tertiary alicyclic amines) is 1. The summed E-state index contributed by atoms with van der Waals surface area (Å²) in [6.07, 6.45) is 0.760. The van der Waals surface area contributed by atoms with E-state index in [4.69, 9.17) is 4.74 Å². The number of likely N-dealkylation sites (N-methyl/N-ethyl adjacent to an activating group) is 1. The van der Waals surface area contributed by atoms with Crippen molar-refractivity contribution in [2.24, 2.45) is 0 Å². The van der Waals surface area contributed by atoms with Crippen LogP contribution >= 0.6 is 0 Å². The molecule has 0 aromatic rings. The third-order valence-electron chi connectivity index (χ3n) is 2.79. The summed E-state index contributed by atoms with van der Waals surface area (Å²) in [5, 5.41) is 3.11. The van der Waals surface area contributed by atoms with E-state index in [1.165, 1.54) is 0 Å². The lowest BCUT2D eigenvalue weighted by molar-refractivity contribution is -0.152. The fraction of sp³-hybridized carbons (Fsp3) is 0.818. The van der Waals surface area contributed by atoms with Gasteiger partial charge in [0.05, 0.1) is 12.6 Å². The van der Waals surface area contributed by atoms with Gasteiger partial charge in [0, 0.05) is 6.54 Å². The van der Waals surface area contributed by atoms with E-state index in [1.807, 2.05) is 6.92 Å². The minimum Gasteiger partial charge on any atom is -0.464 e. The Morgan fingerprint density at radius 2 is 2.31 bits per heavy atom. The van der Waals surface area contributed by atoms with Gasteiger partial charge in [0.2, 0.25) is 5.91 Å². The summed E-state index contributed by atoms with van der Waals surface area (Å²) in [6, 6.07) is -0.613. The number of esters is 1. The Balaban J connectivity index is 2.55. The van der Waals surface area contributed by atoms with Crippen molar-refractivity contribution in [2.75, 3.05) is 19.7 Å². The lowest BCUT2D eigenvalue weighted by Gasteiger charge is -2.23. The monoisotopic (exact) mass is 228 g/mol. The van der Waals surface area contributed by atoms with Crippen molar-refractivity contribution in [1.29, 1.82) is 0 Å². The van der Waals surface area contributed by atoms with Crippen LogP contribution in [0.4, 0.5) is 0 Å². The molecule has 1 fully saturated rings. The predicted octanol–water partition coefficient (Wildman–Crippen LogP) is 0.148. The predicted molar refractivity (Wildman–Crippen MR) is 59.9 cm³/mol. The highest BCUT2D eigenvalue weighted by molar-refractivity contribution is 5.89. The first-order valence-electron chi connectivity index (χ1n) is 5.82. The van der Waals surface area contributed by atoms with Crippen molar-refractivity contribution in [1.82, 2.24) is 10.2 Å². The Labute approximate surface area is 96.1 Å². The first-order chi connectivity index (χ1) is 7.61. The van der Waals surface area contributed by atoms with E-state index < -0.39 is 6.04 Å². The molecule has 1 saturated heterocycles. The van der Waals surface area contributed by atoms with Gasteiger partial charge < -0.3 is 15.0 Å². The van der Waals surface area contributed by atoms with E-state index in [2.05, 4.69) is 5.32 Å². The van der Waals surface area contributed by atoms with Gasteiger partial charge in [-0.25, -0.2) is 4.79 Å². The van der Waals surface area contributed by atoms with Gasteiger partial charge in [-0.15, -0.1) is 0 Å². The van der Waals surface area contributed by atoms with Crippen molar-refractivity contribution in [3.8, 4) is 0 Å². The molecule has 5 heteroatoms. The summed E-state index contributed by atoms with van der Waals surface area (Å²) >= 11 is 0. The summed E-state index contributed by atoms with van der Waals surface area (Å²) in [4.78, 5) is 25.0. The highest BCUT2D eigenvalue weighted by Gasteiger charge is 2.36. The SMILES string of the molecule is CCNC1CCN(C(C)C(=O)OCC)C1=O. The number of carbonyl (C=O) groups excluding carboxylic acids is 2. The molecule has 0 aromatic heterocycles. The first kappa shape index (κ1) is 13.0. The molecule has 0 aliphatic carbocycles. The van der Waals surface area contributed by atoms with Crippen LogP contribution in [0.15, 0.2) is 0 Å². The Kier molecular flexibility index (Phi) is 4.73. The Bertz CT molecular complexity index is 268. The topological polar surface area (TPSA) is 58.6 Å². The molecule has 0 spiro atoms. The molecule has 2 atom stereocenters. The Morgan fingerprint density at radius 3 is 2.88 bits per heavy atom. The maximum atomic E-state index is 11.9. The minimum absolute atomic E-state index is 0.00223. The number of hydrogen-bond donors (Lipinski definition) is 1. The Morgan fingerprint density at radius 1 is 1.62 bits per heavy atom. The van der Waals surface area contributed by atoms with Gasteiger partial charge in [-0.1, -0.05) is 6.92 Å². The number of nitrogens with one attached hydrogen (secondary N) is 1. The number of carbonyl (C=O) groups is 2. The van der Waals surface area contributed by atoms with Crippen LogP contribution in [0.25, 0.3) is 0 Å². The molecule has 1 rings (SSSR count). The molecule has 1 aliphatic rings. The fourth-order valence-corrected chi connectivity index (χ4v) is 1.91. The van der Waals surface area contributed by atoms with Crippen LogP contribution < -0.4 is 5.32 Å². The summed E-state index contributed by atoms with van der Waals surface area (Å²) in [6.45, 7) is 7.17. The molecule has 0 aromatic carbocycles. The fourth-order valence-electron chi connectivity index (χ4n) is 1.91. The van der Waals surface area contributed by atoms with Crippen molar-refractivity contribution in [3.63, 3.8) is 0 Å². The summed E-state index contributed by atoms with van der Waals surface area (Å²) in [5.74, 6) is -0.324. The molecule has 1 aliphatic heterocycles. The van der Waals surface area contributed by atoms with Gasteiger partial charge >= 0.3 is 5.97 Å². The molecule has 16 heavy (non-hydrogen) atoms. The van der Waals surface area contributed by atoms with Crippen molar-refractivity contribution in [3.05, 3.63) is 0 Å². The van der Waals surface area contributed by atoms with Crippen LogP contribution in [0.3, 0.4) is 0 Å². The molecule has 0 saturated carbocycles.